The molecule has 0 bridgehead atoms. The summed E-state index contributed by atoms with van der Waals surface area (Å²) in [5, 5.41) is 14.4. The third kappa shape index (κ3) is 4.45. The van der Waals surface area contributed by atoms with Crippen molar-refractivity contribution >= 4 is 22.6 Å². The largest absolute Gasteiger partial charge is 0.508 e. The minimum absolute atomic E-state index is 0.197. The number of anilines is 1. The molecule has 0 atom stereocenters. The number of carbonyl (C=O) groups is 1. The van der Waals surface area contributed by atoms with E-state index in [9.17, 15) is 9.90 Å². The third-order valence-electron chi connectivity index (χ3n) is 6.15. The molecule has 0 saturated carbocycles. The maximum atomic E-state index is 13.3. The van der Waals surface area contributed by atoms with Crippen LogP contribution in [-0.4, -0.2) is 54.0 Å². The van der Waals surface area contributed by atoms with Gasteiger partial charge in [-0.1, -0.05) is 26.0 Å². The van der Waals surface area contributed by atoms with Crippen molar-refractivity contribution in [3.05, 3.63) is 58.8 Å². The van der Waals surface area contributed by atoms with Crippen LogP contribution in [0.1, 0.15) is 47.0 Å². The predicted molar refractivity (Wildman–Crippen MR) is 124 cm³/mol. The van der Waals surface area contributed by atoms with E-state index in [4.69, 9.17) is 4.42 Å². The predicted octanol–water partition coefficient (Wildman–Crippen LogP) is 4.57. The first-order valence-electron chi connectivity index (χ1n) is 10.9. The lowest BCUT2D eigenvalue weighted by Crippen LogP contribution is -2.43. The Morgan fingerprint density at radius 1 is 1.10 bits per heavy atom. The Bertz CT molecular complexity index is 1080. The molecule has 1 amide bonds. The van der Waals surface area contributed by atoms with Gasteiger partial charge in [0.25, 0.3) is 5.91 Å². The Morgan fingerprint density at radius 2 is 1.77 bits per heavy atom. The van der Waals surface area contributed by atoms with Crippen molar-refractivity contribution in [2.24, 2.45) is 0 Å². The Kier molecular flexibility index (Phi) is 6.03. The highest BCUT2D eigenvalue weighted by atomic mass is 16.3. The maximum absolute atomic E-state index is 13.3. The van der Waals surface area contributed by atoms with Crippen molar-refractivity contribution in [2.45, 2.75) is 33.2 Å². The van der Waals surface area contributed by atoms with Gasteiger partial charge in [-0.05, 0) is 49.7 Å². The fraction of sp³-hybridized carbons (Fsp3) is 0.400. The number of rotatable bonds is 5. The van der Waals surface area contributed by atoms with Gasteiger partial charge in [0.2, 0.25) is 0 Å². The van der Waals surface area contributed by atoms with Crippen molar-refractivity contribution in [2.75, 3.05) is 38.5 Å². The SMILES string of the molecule is Cc1oc2ccc(O)c(CN3CCN(C)CC3)c2c1C(=O)Nc1ccc(C(C)C)cc1. The average Bonchev–Trinajstić information content (AvgIpc) is 3.08. The maximum Gasteiger partial charge on any atom is 0.259 e. The number of aromatic hydroxyl groups is 1. The summed E-state index contributed by atoms with van der Waals surface area (Å²) in [6, 6.07) is 11.3. The van der Waals surface area contributed by atoms with Gasteiger partial charge in [-0.25, -0.2) is 0 Å². The normalized spacial score (nSPS) is 15.6. The average molecular weight is 422 g/mol. The van der Waals surface area contributed by atoms with Crippen LogP contribution in [0, 0.1) is 6.92 Å². The fourth-order valence-electron chi connectivity index (χ4n) is 4.17. The van der Waals surface area contributed by atoms with E-state index in [-0.39, 0.29) is 11.7 Å². The lowest BCUT2D eigenvalue weighted by molar-refractivity contribution is 0.102. The molecule has 0 radical (unpaired) electrons. The molecule has 3 aromatic rings. The number of fused-ring (bicyclic) bond motifs is 1. The van der Waals surface area contributed by atoms with Crippen LogP contribution < -0.4 is 5.32 Å². The van der Waals surface area contributed by atoms with Crippen LogP contribution in [0.5, 0.6) is 5.75 Å². The van der Waals surface area contributed by atoms with Crippen molar-refractivity contribution in [1.29, 1.82) is 0 Å². The number of phenolic OH excluding ortho intramolecular Hbond substituents is 1. The summed E-state index contributed by atoms with van der Waals surface area (Å²) in [6.45, 7) is 10.5. The van der Waals surface area contributed by atoms with Gasteiger partial charge >= 0.3 is 0 Å². The Hall–Kier alpha value is -2.83. The van der Waals surface area contributed by atoms with Crippen LogP contribution in [0.25, 0.3) is 11.0 Å². The second kappa shape index (κ2) is 8.73. The summed E-state index contributed by atoms with van der Waals surface area (Å²) >= 11 is 0. The van der Waals surface area contributed by atoms with Gasteiger partial charge in [-0.2, -0.15) is 0 Å². The summed E-state index contributed by atoms with van der Waals surface area (Å²) in [7, 11) is 2.12. The topological polar surface area (TPSA) is 69.0 Å². The zero-order valence-electron chi connectivity index (χ0n) is 18.7. The summed E-state index contributed by atoms with van der Waals surface area (Å²) < 4.78 is 5.91. The molecule has 6 nitrogen and oxygen atoms in total. The van der Waals surface area contributed by atoms with Crippen LogP contribution in [0.4, 0.5) is 5.69 Å². The van der Waals surface area contributed by atoms with E-state index in [1.165, 1.54) is 5.56 Å². The summed E-state index contributed by atoms with van der Waals surface area (Å²) in [5.41, 5.74) is 3.83. The summed E-state index contributed by atoms with van der Waals surface area (Å²) in [4.78, 5) is 17.9. The smallest absolute Gasteiger partial charge is 0.259 e. The molecule has 164 valence electrons. The van der Waals surface area contributed by atoms with Crippen LogP contribution in [0.15, 0.2) is 40.8 Å². The number of aryl methyl sites for hydroxylation is 1. The fourth-order valence-corrected chi connectivity index (χ4v) is 4.17. The molecule has 1 fully saturated rings. The molecule has 1 aliphatic heterocycles. The van der Waals surface area contributed by atoms with Crippen molar-refractivity contribution in [3.63, 3.8) is 0 Å². The molecule has 0 unspecified atom stereocenters. The van der Waals surface area contributed by atoms with Crippen LogP contribution in [0.3, 0.4) is 0 Å². The number of likely N-dealkylation sites (N-methyl/N-ethyl adjacent to an activating group) is 1. The highest BCUT2D eigenvalue weighted by molar-refractivity contribution is 6.14. The van der Waals surface area contributed by atoms with Crippen molar-refractivity contribution < 1.29 is 14.3 Å². The first-order valence-corrected chi connectivity index (χ1v) is 10.9. The van der Waals surface area contributed by atoms with Gasteiger partial charge in [-0.15, -0.1) is 0 Å². The third-order valence-corrected chi connectivity index (χ3v) is 6.15. The van der Waals surface area contributed by atoms with E-state index >= 15 is 0 Å². The molecule has 1 saturated heterocycles. The zero-order valence-corrected chi connectivity index (χ0v) is 18.7. The van der Waals surface area contributed by atoms with Gasteiger partial charge in [-0.3, -0.25) is 9.69 Å². The van der Waals surface area contributed by atoms with Crippen molar-refractivity contribution in [3.8, 4) is 5.75 Å². The van der Waals surface area contributed by atoms with E-state index in [0.29, 0.717) is 34.8 Å². The minimum Gasteiger partial charge on any atom is -0.508 e. The Labute approximate surface area is 183 Å². The lowest BCUT2D eigenvalue weighted by atomic mass is 10.0. The molecule has 0 spiro atoms. The molecular formula is C25H31N3O3. The lowest BCUT2D eigenvalue weighted by Gasteiger charge is -2.32. The summed E-state index contributed by atoms with van der Waals surface area (Å²) in [6.07, 6.45) is 0. The number of piperazine rings is 1. The van der Waals surface area contributed by atoms with Gasteiger partial charge < -0.3 is 19.7 Å². The van der Waals surface area contributed by atoms with Crippen LogP contribution in [-0.2, 0) is 6.54 Å². The summed E-state index contributed by atoms with van der Waals surface area (Å²) in [5.74, 6) is 0.961. The molecule has 2 aromatic carbocycles. The quantitative estimate of drug-likeness (QED) is 0.632. The number of nitrogens with zero attached hydrogens (tertiary/aromatic N) is 2. The molecule has 0 aliphatic carbocycles. The first-order chi connectivity index (χ1) is 14.8. The molecule has 2 heterocycles. The molecule has 4 rings (SSSR count). The number of amides is 1. The molecular weight excluding hydrogens is 390 g/mol. The standard InChI is InChI=1S/C25H31N3O3/c1-16(2)18-5-7-19(8-6-18)26-25(30)23-17(3)31-22-10-9-21(29)20(24(22)23)15-28-13-11-27(4)12-14-28/h5-10,16,29H,11-15H2,1-4H3,(H,26,30). The monoisotopic (exact) mass is 421 g/mol. The second-order valence-electron chi connectivity index (χ2n) is 8.78. The number of carbonyl (C=O) groups excluding carboxylic acids is 1. The van der Waals surface area contributed by atoms with E-state index in [0.717, 1.165) is 37.4 Å². The van der Waals surface area contributed by atoms with Crippen molar-refractivity contribution in [1.82, 2.24) is 9.80 Å². The second-order valence-corrected chi connectivity index (χ2v) is 8.78. The number of phenols is 1. The van der Waals surface area contributed by atoms with Crippen LogP contribution >= 0.6 is 0 Å². The Balaban J connectivity index is 1.66. The Morgan fingerprint density at radius 3 is 2.42 bits per heavy atom. The highest BCUT2D eigenvalue weighted by Gasteiger charge is 2.25. The molecule has 1 aromatic heterocycles. The number of hydrogen-bond donors (Lipinski definition) is 2. The minimum atomic E-state index is -0.223. The number of hydrogen-bond acceptors (Lipinski definition) is 5. The van der Waals surface area contributed by atoms with E-state index < -0.39 is 0 Å². The van der Waals surface area contributed by atoms with Crippen LogP contribution in [0.2, 0.25) is 0 Å². The van der Waals surface area contributed by atoms with E-state index in [1.54, 1.807) is 19.1 Å². The van der Waals surface area contributed by atoms with Gasteiger partial charge in [0.15, 0.2) is 0 Å². The molecule has 6 heteroatoms. The van der Waals surface area contributed by atoms with Gasteiger partial charge in [0, 0.05) is 49.4 Å². The zero-order chi connectivity index (χ0) is 22.1. The molecule has 2 N–H and O–H groups in total. The first kappa shape index (κ1) is 21.4. The van der Waals surface area contributed by atoms with Gasteiger partial charge in [0.1, 0.15) is 17.1 Å². The van der Waals surface area contributed by atoms with Gasteiger partial charge in [0.05, 0.1) is 5.56 Å². The number of furan rings is 1. The molecule has 1 aliphatic rings. The number of nitrogens with one attached hydrogen (secondary N) is 1. The number of benzene rings is 2. The van der Waals surface area contributed by atoms with E-state index in [1.807, 2.05) is 24.3 Å². The van der Waals surface area contributed by atoms with E-state index in [2.05, 4.69) is 36.0 Å². The highest BCUT2D eigenvalue weighted by Crippen LogP contribution is 2.35. The molecule has 31 heavy (non-hydrogen) atoms.